The summed E-state index contributed by atoms with van der Waals surface area (Å²) in [5, 5.41) is 0. The first-order valence-electron chi connectivity index (χ1n) is 2.23. The fourth-order valence-electron chi connectivity index (χ4n) is 0.294. The first-order chi connectivity index (χ1) is 4.83. The molecule has 0 saturated carbocycles. The summed E-state index contributed by atoms with van der Waals surface area (Å²) < 4.78 is 16.7. The van der Waals surface area contributed by atoms with Gasteiger partial charge in [0.1, 0.15) is 0 Å². The van der Waals surface area contributed by atoms with Crippen molar-refractivity contribution in [3.63, 3.8) is 0 Å². The average molecular weight is 292 g/mol. The number of primary amides is 2. The second-order valence-corrected chi connectivity index (χ2v) is 5.03. The Bertz CT molecular complexity index is 193. The molecular formula is C3H5IN2O4S. The number of hydrogen-bond donors (Lipinski definition) is 3. The largest absolute Gasteiger partial charge is 0.367 e. The Morgan fingerprint density at radius 3 is 1.64 bits per heavy atom. The maximum Gasteiger partial charge on any atom is 0.276 e. The van der Waals surface area contributed by atoms with Crippen LogP contribution in [0.5, 0.6) is 0 Å². The number of carbonyl (C=O) groups is 2. The molecule has 0 saturated heterocycles. The van der Waals surface area contributed by atoms with Crippen LogP contribution in [0.15, 0.2) is 0 Å². The van der Waals surface area contributed by atoms with E-state index >= 15 is 0 Å². The first-order valence-corrected chi connectivity index (χ1v) is 4.41. The van der Waals surface area contributed by atoms with E-state index in [0.29, 0.717) is 0 Å². The van der Waals surface area contributed by atoms with Crippen LogP contribution in [-0.4, -0.2) is 23.3 Å². The Kier molecular flexibility index (Phi) is 3.38. The summed E-state index contributed by atoms with van der Waals surface area (Å²) in [6, 6.07) is 0. The lowest BCUT2D eigenvalue weighted by Crippen LogP contribution is -2.51. The van der Waals surface area contributed by atoms with Gasteiger partial charge < -0.3 is 16.0 Å². The molecule has 1 atom stereocenters. The summed E-state index contributed by atoms with van der Waals surface area (Å²) in [6.45, 7) is 0. The Morgan fingerprint density at radius 2 is 1.64 bits per heavy atom. The van der Waals surface area contributed by atoms with Crippen molar-refractivity contribution in [1.82, 2.24) is 0 Å². The summed E-state index contributed by atoms with van der Waals surface area (Å²) >= 11 is -1.55. The van der Waals surface area contributed by atoms with Crippen LogP contribution in [0.2, 0.25) is 0 Å². The highest BCUT2D eigenvalue weighted by Crippen LogP contribution is 2.21. The van der Waals surface area contributed by atoms with Gasteiger partial charge in [0.2, 0.25) is 0 Å². The Hall–Kier alpha value is -0.220. The third kappa shape index (κ3) is 1.87. The predicted molar refractivity (Wildman–Crippen MR) is 45.9 cm³/mol. The summed E-state index contributed by atoms with van der Waals surface area (Å²) in [4.78, 5) is 20.9. The minimum Gasteiger partial charge on any atom is -0.367 e. The van der Waals surface area contributed by atoms with Crippen molar-refractivity contribution < 1.29 is 18.4 Å². The van der Waals surface area contributed by atoms with Gasteiger partial charge in [0.05, 0.1) is 0 Å². The minimum atomic E-state index is -2.69. The molecule has 0 aliphatic heterocycles. The number of nitrogens with two attached hydrogens (primary N) is 2. The molecule has 0 heterocycles. The van der Waals surface area contributed by atoms with Crippen molar-refractivity contribution >= 4 is 45.5 Å². The van der Waals surface area contributed by atoms with Gasteiger partial charge in [-0.15, -0.1) is 0 Å². The second-order valence-electron chi connectivity index (χ2n) is 1.57. The van der Waals surface area contributed by atoms with E-state index < -0.39 is 25.6 Å². The van der Waals surface area contributed by atoms with E-state index in [1.807, 2.05) is 0 Å². The van der Waals surface area contributed by atoms with Crippen molar-refractivity contribution in [2.75, 3.05) is 0 Å². The van der Waals surface area contributed by atoms with Gasteiger partial charge in [-0.25, -0.2) is 4.21 Å². The lowest BCUT2D eigenvalue weighted by molar-refractivity contribution is -0.125. The van der Waals surface area contributed by atoms with Crippen LogP contribution in [0, 0.1) is 0 Å². The van der Waals surface area contributed by atoms with Crippen molar-refractivity contribution in [2.24, 2.45) is 11.5 Å². The molecule has 0 aliphatic carbocycles. The fourth-order valence-corrected chi connectivity index (χ4v) is 0.638. The minimum absolute atomic E-state index is 1.15. The van der Waals surface area contributed by atoms with Crippen molar-refractivity contribution in [3.8, 4) is 0 Å². The van der Waals surface area contributed by atoms with Crippen LogP contribution in [0.3, 0.4) is 0 Å². The van der Waals surface area contributed by atoms with Crippen molar-refractivity contribution in [1.29, 1.82) is 0 Å². The highest BCUT2D eigenvalue weighted by atomic mass is 127. The smallest absolute Gasteiger partial charge is 0.276 e. The van der Waals surface area contributed by atoms with Crippen LogP contribution in [0.4, 0.5) is 0 Å². The van der Waals surface area contributed by atoms with Crippen LogP contribution in [0.1, 0.15) is 0 Å². The first kappa shape index (κ1) is 10.8. The van der Waals surface area contributed by atoms with Gasteiger partial charge in [0.15, 0.2) is 11.1 Å². The van der Waals surface area contributed by atoms with Crippen LogP contribution in [0.25, 0.3) is 0 Å². The molecule has 0 rings (SSSR count). The van der Waals surface area contributed by atoms with E-state index in [-0.39, 0.29) is 0 Å². The SMILES string of the molecule is NC(=O)C(I)(C(N)=O)S(=O)O. The van der Waals surface area contributed by atoms with Gasteiger partial charge in [-0.05, 0) is 22.6 Å². The van der Waals surface area contributed by atoms with Crippen LogP contribution >= 0.6 is 22.6 Å². The average Bonchev–Trinajstić information content (AvgIpc) is 1.84. The summed E-state index contributed by atoms with van der Waals surface area (Å²) in [7, 11) is 0. The molecule has 0 aliphatic rings. The maximum absolute atomic E-state index is 10.5. The van der Waals surface area contributed by atoms with Crippen LogP contribution in [-0.2, 0) is 20.7 Å². The number of rotatable bonds is 3. The number of hydrogen-bond acceptors (Lipinski definition) is 3. The zero-order chi connectivity index (χ0) is 9.23. The molecule has 0 aromatic heterocycles. The lowest BCUT2D eigenvalue weighted by Gasteiger charge is -2.14. The Labute approximate surface area is 78.1 Å². The zero-order valence-electron chi connectivity index (χ0n) is 5.11. The number of carbonyl (C=O) groups excluding carboxylic acids is 2. The van der Waals surface area contributed by atoms with E-state index in [2.05, 4.69) is 11.5 Å². The lowest BCUT2D eigenvalue weighted by atomic mass is 10.4. The molecule has 64 valence electrons. The van der Waals surface area contributed by atoms with Gasteiger partial charge in [-0.3, -0.25) is 9.59 Å². The van der Waals surface area contributed by atoms with Gasteiger partial charge >= 0.3 is 0 Å². The normalized spacial score (nSPS) is 14.0. The predicted octanol–water partition coefficient (Wildman–Crippen LogP) is -1.69. The summed E-state index contributed by atoms with van der Waals surface area (Å²) in [5.41, 5.74) is 9.34. The van der Waals surface area contributed by atoms with E-state index in [0.717, 1.165) is 22.6 Å². The topological polar surface area (TPSA) is 123 Å². The summed E-state index contributed by atoms with van der Waals surface area (Å²) in [5.74, 6) is -2.46. The second kappa shape index (κ2) is 3.45. The van der Waals surface area contributed by atoms with Crippen molar-refractivity contribution in [3.05, 3.63) is 0 Å². The molecule has 0 fully saturated rings. The third-order valence-corrected chi connectivity index (χ3v) is 3.95. The van der Waals surface area contributed by atoms with E-state index in [4.69, 9.17) is 4.55 Å². The molecule has 0 bridgehead atoms. The van der Waals surface area contributed by atoms with Crippen LogP contribution < -0.4 is 11.5 Å². The molecule has 0 spiro atoms. The highest BCUT2D eigenvalue weighted by molar-refractivity contribution is 14.1. The molecule has 0 aromatic rings. The monoisotopic (exact) mass is 292 g/mol. The molecule has 0 radical (unpaired) electrons. The van der Waals surface area contributed by atoms with Crippen molar-refractivity contribution in [2.45, 2.75) is 2.75 Å². The molecule has 0 aromatic carbocycles. The quantitative estimate of drug-likeness (QED) is 0.248. The molecular weight excluding hydrogens is 287 g/mol. The molecule has 11 heavy (non-hydrogen) atoms. The maximum atomic E-state index is 10.5. The zero-order valence-corrected chi connectivity index (χ0v) is 8.09. The molecule has 2 amide bonds. The van der Waals surface area contributed by atoms with E-state index in [1.165, 1.54) is 0 Å². The fraction of sp³-hybridized carbons (Fsp3) is 0.333. The Balaban J connectivity index is 4.99. The number of amides is 2. The molecule has 6 nitrogen and oxygen atoms in total. The third-order valence-electron chi connectivity index (χ3n) is 0.874. The highest BCUT2D eigenvalue weighted by Gasteiger charge is 2.46. The molecule has 1 unspecified atom stereocenters. The standard InChI is InChI=1S/C3H5IN2O4S/c4-3(1(5)7,2(6)8)11(9)10/h(H2,5,7)(H2,6,8)(H,9,10). The van der Waals surface area contributed by atoms with Gasteiger partial charge in [0.25, 0.3) is 14.6 Å². The van der Waals surface area contributed by atoms with Gasteiger partial charge in [-0.2, -0.15) is 0 Å². The van der Waals surface area contributed by atoms with Gasteiger partial charge in [0, 0.05) is 0 Å². The molecule has 5 N–H and O–H groups in total. The van der Waals surface area contributed by atoms with E-state index in [9.17, 15) is 13.8 Å². The Morgan fingerprint density at radius 1 is 1.36 bits per heavy atom. The molecule has 8 heteroatoms. The van der Waals surface area contributed by atoms with E-state index in [1.54, 1.807) is 0 Å². The van der Waals surface area contributed by atoms with Gasteiger partial charge in [-0.1, -0.05) is 0 Å². The summed E-state index contributed by atoms with van der Waals surface area (Å²) in [6.07, 6.45) is 0. The number of halogens is 1. The number of alkyl halides is 1.